The lowest BCUT2D eigenvalue weighted by Gasteiger charge is -2.30. The van der Waals surface area contributed by atoms with Crippen LogP contribution in [0.15, 0.2) is 279 Å². The molecule has 1 heterocycles. The molecule has 0 saturated heterocycles. The van der Waals surface area contributed by atoms with E-state index in [1.54, 1.807) is 0 Å². The Morgan fingerprint density at radius 3 is 1.33 bits per heavy atom. The Labute approximate surface area is 408 Å². The van der Waals surface area contributed by atoms with Gasteiger partial charge in [-0.05, 0) is 132 Å². The molecule has 13 rings (SSSR count). The summed E-state index contributed by atoms with van der Waals surface area (Å²) in [6.45, 7) is 0. The fourth-order valence-electron chi connectivity index (χ4n) is 10.8. The Morgan fingerprint density at radius 1 is 0.257 bits per heavy atom. The molecule has 13 aromatic rings. The average molecular weight is 891 g/mol. The predicted molar refractivity (Wildman–Crippen MR) is 298 cm³/mol. The molecule has 0 aliphatic carbocycles. The molecule has 0 amide bonds. The topological polar surface area (TPSA) is 8.17 Å². The Bertz CT molecular complexity index is 3970. The highest BCUT2D eigenvalue weighted by atomic mass is 15.1. The van der Waals surface area contributed by atoms with Gasteiger partial charge in [0.1, 0.15) is 0 Å². The van der Waals surface area contributed by atoms with E-state index >= 15 is 0 Å². The lowest BCUT2D eigenvalue weighted by Crippen LogP contribution is -2.12. The number of rotatable bonds is 9. The van der Waals surface area contributed by atoms with E-state index in [9.17, 15) is 0 Å². The lowest BCUT2D eigenvalue weighted by atomic mass is 9.87. The normalized spacial score (nSPS) is 11.4. The Morgan fingerprint density at radius 2 is 0.700 bits per heavy atom. The number of hydrogen-bond donors (Lipinski definition) is 0. The molecule has 0 N–H and O–H groups in total. The van der Waals surface area contributed by atoms with Gasteiger partial charge in [-0.3, -0.25) is 0 Å². The molecule has 2 heteroatoms. The van der Waals surface area contributed by atoms with Crippen LogP contribution >= 0.6 is 0 Å². The van der Waals surface area contributed by atoms with E-state index in [0.717, 1.165) is 33.9 Å². The van der Waals surface area contributed by atoms with Crippen LogP contribution in [0.5, 0.6) is 0 Å². The monoisotopic (exact) mass is 890 g/mol. The number of anilines is 3. The molecule has 2 nitrogen and oxygen atoms in total. The predicted octanol–water partition coefficient (Wildman–Crippen LogP) is 18.9. The van der Waals surface area contributed by atoms with Crippen molar-refractivity contribution in [3.8, 4) is 61.3 Å². The maximum absolute atomic E-state index is 2.45. The van der Waals surface area contributed by atoms with Gasteiger partial charge >= 0.3 is 0 Å². The highest BCUT2D eigenvalue weighted by Gasteiger charge is 2.23. The first-order chi connectivity index (χ1) is 34.7. The summed E-state index contributed by atoms with van der Waals surface area (Å²) in [6.07, 6.45) is 0. The molecular weight excluding hydrogens is 845 g/mol. The zero-order valence-corrected chi connectivity index (χ0v) is 38.5. The fraction of sp³-hybridized carbons (Fsp3) is 0. The van der Waals surface area contributed by atoms with Gasteiger partial charge in [-0.1, -0.05) is 218 Å². The molecule has 0 saturated carbocycles. The Hall–Kier alpha value is -9.24. The molecular formula is C68H46N2. The highest BCUT2D eigenvalue weighted by molar-refractivity contribution is 6.14. The standard InChI is InChI=1S/C68H46N2/c1-3-18-49(19-4-1)56-23-9-12-29-63(56)68-58(50-20-5-2-6-21-50)30-17-33-67(68)69(54-44-38-51(39-45-54)64-46-52-22-7-8-24-57(52)59-25-10-11-26-60(59)64)53-40-34-47(35-41-53)48-36-42-55(43-37-48)70-65-31-15-13-27-61(65)62-28-14-16-32-66(62)70/h1-46H. The summed E-state index contributed by atoms with van der Waals surface area (Å²) in [5.74, 6) is 0. The lowest BCUT2D eigenvalue weighted by molar-refractivity contribution is 1.18. The van der Waals surface area contributed by atoms with Gasteiger partial charge in [0.2, 0.25) is 0 Å². The van der Waals surface area contributed by atoms with E-state index in [1.807, 2.05) is 0 Å². The van der Waals surface area contributed by atoms with E-state index in [2.05, 4.69) is 289 Å². The third-order valence-corrected chi connectivity index (χ3v) is 14.0. The van der Waals surface area contributed by atoms with Crippen LogP contribution < -0.4 is 4.90 Å². The number of fused-ring (bicyclic) bond motifs is 6. The minimum Gasteiger partial charge on any atom is -0.310 e. The quantitative estimate of drug-likeness (QED) is 0.131. The molecule has 0 bridgehead atoms. The molecule has 0 radical (unpaired) electrons. The Kier molecular flexibility index (Phi) is 10.2. The second-order valence-electron chi connectivity index (χ2n) is 18.0. The van der Waals surface area contributed by atoms with Crippen molar-refractivity contribution in [2.24, 2.45) is 0 Å². The molecule has 0 fully saturated rings. The van der Waals surface area contributed by atoms with Crippen LogP contribution in [-0.4, -0.2) is 4.57 Å². The van der Waals surface area contributed by atoms with E-state index in [1.165, 1.54) is 87.9 Å². The fourth-order valence-corrected chi connectivity index (χ4v) is 10.8. The van der Waals surface area contributed by atoms with Crippen molar-refractivity contribution in [1.29, 1.82) is 0 Å². The first kappa shape index (κ1) is 41.0. The number of nitrogens with zero attached hydrogens (tertiary/aromatic N) is 2. The van der Waals surface area contributed by atoms with Gasteiger partial charge in [0.05, 0.1) is 16.7 Å². The summed E-state index contributed by atoms with van der Waals surface area (Å²) < 4.78 is 2.38. The number of hydrogen-bond acceptors (Lipinski definition) is 1. The summed E-state index contributed by atoms with van der Waals surface area (Å²) in [6, 6.07) is 102. The van der Waals surface area contributed by atoms with Gasteiger partial charge in [0.25, 0.3) is 0 Å². The van der Waals surface area contributed by atoms with E-state index < -0.39 is 0 Å². The summed E-state index contributed by atoms with van der Waals surface area (Å²) >= 11 is 0. The average Bonchev–Trinajstić information content (AvgIpc) is 3.78. The maximum Gasteiger partial charge on any atom is 0.0546 e. The zero-order chi connectivity index (χ0) is 46.4. The third kappa shape index (κ3) is 7.13. The van der Waals surface area contributed by atoms with Crippen LogP contribution in [0.25, 0.3) is 105 Å². The van der Waals surface area contributed by atoms with Crippen LogP contribution in [0.2, 0.25) is 0 Å². The molecule has 0 spiro atoms. The number of benzene rings is 12. The highest BCUT2D eigenvalue weighted by Crippen LogP contribution is 2.49. The summed E-state index contributed by atoms with van der Waals surface area (Å²) in [5.41, 5.74) is 18.6. The summed E-state index contributed by atoms with van der Waals surface area (Å²) in [4.78, 5) is 2.45. The van der Waals surface area contributed by atoms with Crippen molar-refractivity contribution >= 4 is 60.4 Å². The second kappa shape index (κ2) is 17.4. The molecule has 70 heavy (non-hydrogen) atoms. The van der Waals surface area contributed by atoms with E-state index in [0.29, 0.717) is 0 Å². The SMILES string of the molecule is c1ccc(-c2ccccc2-c2c(-c3ccccc3)cccc2N(c2ccc(-c3ccc(-n4c5ccccc5c5ccccc54)cc3)cc2)c2ccc(-c3cc4ccccc4c4ccccc34)cc2)cc1. The molecule has 0 unspecified atom stereocenters. The Balaban J connectivity index is 0.966. The van der Waals surface area contributed by atoms with Crippen LogP contribution in [-0.2, 0) is 0 Å². The zero-order valence-electron chi connectivity index (χ0n) is 38.5. The molecule has 0 atom stereocenters. The third-order valence-electron chi connectivity index (χ3n) is 14.0. The number of aromatic nitrogens is 1. The van der Waals surface area contributed by atoms with Gasteiger partial charge in [-0.25, -0.2) is 0 Å². The molecule has 12 aromatic carbocycles. The van der Waals surface area contributed by atoms with Crippen molar-refractivity contribution in [1.82, 2.24) is 4.57 Å². The van der Waals surface area contributed by atoms with Crippen molar-refractivity contribution in [2.45, 2.75) is 0 Å². The smallest absolute Gasteiger partial charge is 0.0546 e. The summed E-state index contributed by atoms with van der Waals surface area (Å²) in [5, 5.41) is 7.55. The van der Waals surface area contributed by atoms with Gasteiger partial charge in [0, 0.05) is 33.4 Å². The molecule has 0 aliphatic heterocycles. The maximum atomic E-state index is 2.45. The van der Waals surface area contributed by atoms with Gasteiger partial charge in [-0.15, -0.1) is 0 Å². The minimum absolute atomic E-state index is 1.07. The molecule has 0 aliphatic rings. The van der Waals surface area contributed by atoms with Crippen molar-refractivity contribution in [2.75, 3.05) is 4.90 Å². The number of para-hydroxylation sites is 2. The van der Waals surface area contributed by atoms with Crippen LogP contribution in [0.1, 0.15) is 0 Å². The van der Waals surface area contributed by atoms with Crippen LogP contribution in [0, 0.1) is 0 Å². The first-order valence-electron chi connectivity index (χ1n) is 24.1. The van der Waals surface area contributed by atoms with Crippen molar-refractivity contribution < 1.29 is 0 Å². The van der Waals surface area contributed by atoms with Gasteiger partial charge in [-0.2, -0.15) is 0 Å². The molecule has 328 valence electrons. The minimum atomic E-state index is 1.07. The van der Waals surface area contributed by atoms with Crippen molar-refractivity contribution in [3.63, 3.8) is 0 Å². The first-order valence-corrected chi connectivity index (χ1v) is 24.1. The van der Waals surface area contributed by atoms with E-state index in [4.69, 9.17) is 0 Å². The van der Waals surface area contributed by atoms with E-state index in [-0.39, 0.29) is 0 Å². The molecule has 1 aromatic heterocycles. The van der Waals surface area contributed by atoms with Gasteiger partial charge in [0.15, 0.2) is 0 Å². The second-order valence-corrected chi connectivity index (χ2v) is 18.0. The largest absolute Gasteiger partial charge is 0.310 e. The van der Waals surface area contributed by atoms with Crippen LogP contribution in [0.4, 0.5) is 17.1 Å². The van der Waals surface area contributed by atoms with Gasteiger partial charge < -0.3 is 9.47 Å². The van der Waals surface area contributed by atoms with Crippen molar-refractivity contribution in [3.05, 3.63) is 279 Å². The van der Waals surface area contributed by atoms with Crippen LogP contribution in [0.3, 0.4) is 0 Å². The summed E-state index contributed by atoms with van der Waals surface area (Å²) in [7, 11) is 0.